The third-order valence-corrected chi connectivity index (χ3v) is 2.96. The highest BCUT2D eigenvalue weighted by molar-refractivity contribution is 5.78. The number of amides is 1. The minimum Gasteiger partial charge on any atom is -0.493 e. The van der Waals surface area contributed by atoms with E-state index in [1.165, 1.54) is 0 Å². The lowest BCUT2D eigenvalue weighted by Gasteiger charge is -2.15. The number of hydrogen-bond acceptors (Lipinski definition) is 3. The van der Waals surface area contributed by atoms with Crippen molar-refractivity contribution in [1.82, 2.24) is 10.6 Å². The largest absolute Gasteiger partial charge is 0.493 e. The Bertz CT molecular complexity index is 419. The van der Waals surface area contributed by atoms with Gasteiger partial charge in [-0.25, -0.2) is 0 Å². The molecule has 4 heteroatoms. The van der Waals surface area contributed by atoms with Crippen LogP contribution in [-0.2, 0) is 11.3 Å². The van der Waals surface area contributed by atoms with E-state index in [1.54, 1.807) is 0 Å². The molecule has 0 bridgehead atoms. The molecule has 1 amide bonds. The summed E-state index contributed by atoms with van der Waals surface area (Å²) in [6.07, 6.45) is 0. The molecule has 0 spiro atoms. The molecule has 20 heavy (non-hydrogen) atoms. The van der Waals surface area contributed by atoms with Crippen molar-refractivity contribution in [3.63, 3.8) is 0 Å². The first-order valence-corrected chi connectivity index (χ1v) is 7.17. The smallest absolute Gasteiger partial charge is 0.224 e. The Morgan fingerprint density at radius 1 is 1.25 bits per heavy atom. The maximum atomic E-state index is 11.9. The molecule has 1 unspecified atom stereocenters. The zero-order chi connectivity index (χ0) is 15.0. The van der Waals surface area contributed by atoms with Crippen molar-refractivity contribution >= 4 is 5.91 Å². The third kappa shape index (κ3) is 5.61. The van der Waals surface area contributed by atoms with E-state index >= 15 is 0 Å². The Morgan fingerprint density at radius 3 is 2.60 bits per heavy atom. The molecule has 112 valence electrons. The second-order valence-corrected chi connectivity index (χ2v) is 5.49. The van der Waals surface area contributed by atoms with E-state index in [4.69, 9.17) is 4.74 Å². The van der Waals surface area contributed by atoms with E-state index in [1.807, 2.05) is 38.2 Å². The van der Waals surface area contributed by atoms with Gasteiger partial charge in [-0.2, -0.15) is 0 Å². The molecule has 0 heterocycles. The number of hydrogen-bond donors (Lipinski definition) is 2. The van der Waals surface area contributed by atoms with Crippen molar-refractivity contribution in [2.75, 3.05) is 20.2 Å². The summed E-state index contributed by atoms with van der Waals surface area (Å²) in [7, 11) is 1.85. The SMILES string of the molecule is CNCC(C)C(=O)NCc1ccccc1OCC(C)C. The normalized spacial score (nSPS) is 12.2. The van der Waals surface area contributed by atoms with Crippen LogP contribution in [0.15, 0.2) is 24.3 Å². The average Bonchev–Trinajstić information content (AvgIpc) is 2.43. The van der Waals surface area contributed by atoms with Crippen molar-refractivity contribution in [2.24, 2.45) is 11.8 Å². The molecule has 1 rings (SSSR count). The predicted molar refractivity (Wildman–Crippen MR) is 81.7 cm³/mol. The summed E-state index contributed by atoms with van der Waals surface area (Å²) < 4.78 is 5.78. The molecule has 0 aliphatic carbocycles. The van der Waals surface area contributed by atoms with E-state index in [2.05, 4.69) is 24.5 Å². The fraction of sp³-hybridized carbons (Fsp3) is 0.562. The van der Waals surface area contributed by atoms with E-state index in [9.17, 15) is 4.79 Å². The van der Waals surface area contributed by atoms with E-state index in [0.717, 1.165) is 11.3 Å². The highest BCUT2D eigenvalue weighted by Gasteiger charge is 2.12. The van der Waals surface area contributed by atoms with Gasteiger partial charge in [0.1, 0.15) is 5.75 Å². The van der Waals surface area contributed by atoms with Gasteiger partial charge in [0.2, 0.25) is 5.91 Å². The Balaban J connectivity index is 2.56. The van der Waals surface area contributed by atoms with Gasteiger partial charge in [-0.15, -0.1) is 0 Å². The lowest BCUT2D eigenvalue weighted by Crippen LogP contribution is -2.34. The van der Waals surface area contributed by atoms with Gasteiger partial charge in [-0.3, -0.25) is 4.79 Å². The van der Waals surface area contributed by atoms with Gasteiger partial charge < -0.3 is 15.4 Å². The molecule has 4 nitrogen and oxygen atoms in total. The number of ether oxygens (including phenoxy) is 1. The summed E-state index contributed by atoms with van der Waals surface area (Å²) in [6, 6.07) is 7.84. The summed E-state index contributed by atoms with van der Waals surface area (Å²) in [5.41, 5.74) is 1.01. The van der Waals surface area contributed by atoms with Gasteiger partial charge in [0.15, 0.2) is 0 Å². The molecule has 1 aromatic rings. The van der Waals surface area contributed by atoms with Gasteiger partial charge in [0.05, 0.1) is 6.61 Å². The summed E-state index contributed by atoms with van der Waals surface area (Å²) in [5.74, 6) is 1.35. The van der Waals surface area contributed by atoms with Crippen molar-refractivity contribution in [3.8, 4) is 5.75 Å². The molecule has 2 N–H and O–H groups in total. The monoisotopic (exact) mass is 278 g/mol. The first-order valence-electron chi connectivity index (χ1n) is 7.17. The maximum absolute atomic E-state index is 11.9. The van der Waals surface area contributed by atoms with Crippen LogP contribution in [0, 0.1) is 11.8 Å². The molecule has 1 aromatic carbocycles. The lowest BCUT2D eigenvalue weighted by atomic mass is 10.1. The van der Waals surface area contributed by atoms with Gasteiger partial charge in [0.25, 0.3) is 0 Å². The van der Waals surface area contributed by atoms with Gasteiger partial charge >= 0.3 is 0 Å². The molecule has 1 atom stereocenters. The summed E-state index contributed by atoms with van der Waals surface area (Å²) in [4.78, 5) is 11.9. The Hall–Kier alpha value is -1.55. The number of para-hydroxylation sites is 1. The van der Waals surface area contributed by atoms with E-state index < -0.39 is 0 Å². The summed E-state index contributed by atoms with van der Waals surface area (Å²) in [6.45, 7) is 8.00. The predicted octanol–water partition coefficient (Wildman–Crippen LogP) is 2.19. The van der Waals surface area contributed by atoms with Crippen LogP contribution in [0.5, 0.6) is 5.75 Å². The number of carbonyl (C=O) groups is 1. The summed E-state index contributed by atoms with van der Waals surface area (Å²) in [5, 5.41) is 5.96. The Kier molecular flexibility index (Phi) is 7.09. The Labute approximate surface area is 121 Å². The van der Waals surface area contributed by atoms with Gasteiger partial charge in [-0.1, -0.05) is 39.0 Å². The second kappa shape index (κ2) is 8.59. The van der Waals surface area contributed by atoms with Crippen LogP contribution in [0.3, 0.4) is 0 Å². The number of benzene rings is 1. The van der Waals surface area contributed by atoms with Crippen LogP contribution in [0.25, 0.3) is 0 Å². The van der Waals surface area contributed by atoms with E-state index in [-0.39, 0.29) is 11.8 Å². The summed E-state index contributed by atoms with van der Waals surface area (Å²) >= 11 is 0. The molecule has 0 aliphatic rings. The first kappa shape index (κ1) is 16.5. The topological polar surface area (TPSA) is 50.4 Å². The van der Waals surface area contributed by atoms with Crippen molar-refractivity contribution in [2.45, 2.75) is 27.3 Å². The highest BCUT2D eigenvalue weighted by atomic mass is 16.5. The highest BCUT2D eigenvalue weighted by Crippen LogP contribution is 2.18. The Morgan fingerprint density at radius 2 is 1.95 bits per heavy atom. The van der Waals surface area contributed by atoms with E-state index in [0.29, 0.717) is 25.6 Å². The van der Waals surface area contributed by atoms with Crippen molar-refractivity contribution in [1.29, 1.82) is 0 Å². The zero-order valence-corrected chi connectivity index (χ0v) is 12.9. The van der Waals surface area contributed by atoms with Crippen LogP contribution >= 0.6 is 0 Å². The fourth-order valence-corrected chi connectivity index (χ4v) is 1.80. The molecular weight excluding hydrogens is 252 g/mol. The molecule has 0 saturated heterocycles. The molecule has 0 aromatic heterocycles. The molecule has 0 fully saturated rings. The second-order valence-electron chi connectivity index (χ2n) is 5.49. The maximum Gasteiger partial charge on any atom is 0.224 e. The lowest BCUT2D eigenvalue weighted by molar-refractivity contribution is -0.124. The van der Waals surface area contributed by atoms with Crippen molar-refractivity contribution < 1.29 is 9.53 Å². The zero-order valence-electron chi connectivity index (χ0n) is 12.9. The van der Waals surface area contributed by atoms with Crippen LogP contribution in [-0.4, -0.2) is 26.1 Å². The van der Waals surface area contributed by atoms with Crippen molar-refractivity contribution in [3.05, 3.63) is 29.8 Å². The minimum absolute atomic E-state index is 0.0382. The minimum atomic E-state index is -0.0382. The number of carbonyl (C=O) groups excluding carboxylic acids is 1. The van der Waals surface area contributed by atoms with Gasteiger partial charge in [-0.05, 0) is 19.0 Å². The van der Waals surface area contributed by atoms with Crippen LogP contribution in [0.4, 0.5) is 0 Å². The molecule has 0 saturated carbocycles. The first-order chi connectivity index (χ1) is 9.54. The van der Waals surface area contributed by atoms with Crippen LogP contribution in [0.2, 0.25) is 0 Å². The molecule has 0 aliphatic heterocycles. The molecule has 0 radical (unpaired) electrons. The van der Waals surface area contributed by atoms with Crippen LogP contribution in [0.1, 0.15) is 26.3 Å². The third-order valence-electron chi connectivity index (χ3n) is 2.96. The average molecular weight is 278 g/mol. The molecular formula is C16H26N2O2. The number of rotatable bonds is 8. The number of nitrogens with one attached hydrogen (secondary N) is 2. The fourth-order valence-electron chi connectivity index (χ4n) is 1.80. The van der Waals surface area contributed by atoms with Crippen LogP contribution < -0.4 is 15.4 Å². The van der Waals surface area contributed by atoms with Gasteiger partial charge in [0, 0.05) is 24.6 Å². The standard InChI is InChI=1S/C16H26N2O2/c1-12(2)11-20-15-8-6-5-7-14(15)10-18-16(19)13(3)9-17-4/h5-8,12-13,17H,9-11H2,1-4H3,(H,18,19). The quantitative estimate of drug-likeness (QED) is 0.766.